The Morgan fingerprint density at radius 2 is 2.33 bits per heavy atom. The van der Waals surface area contributed by atoms with Crippen molar-refractivity contribution >= 4 is 0 Å². The van der Waals surface area contributed by atoms with Gasteiger partial charge in [0.15, 0.2) is 0 Å². The van der Waals surface area contributed by atoms with Crippen LogP contribution in [0.2, 0.25) is 0 Å². The van der Waals surface area contributed by atoms with Gasteiger partial charge in [0.05, 0.1) is 17.5 Å². The fraction of sp³-hybridized carbons (Fsp3) is 0.625. The van der Waals surface area contributed by atoms with Gasteiger partial charge < -0.3 is 0 Å². The molecule has 0 amide bonds. The molecule has 2 fully saturated rings. The summed E-state index contributed by atoms with van der Waals surface area (Å²) in [6.45, 7) is 0. The average molecular weight is 158 g/mol. The Labute approximate surface area is 69.1 Å². The molecule has 4 heteroatoms. The summed E-state index contributed by atoms with van der Waals surface area (Å²) in [6.07, 6.45) is 3.97. The van der Waals surface area contributed by atoms with Crippen molar-refractivity contribution in [3.05, 3.63) is 22.6 Å². The third kappa shape index (κ3) is 0.384. The van der Waals surface area contributed by atoms with Crippen molar-refractivity contribution in [3.8, 4) is 6.07 Å². The Hall–Kier alpha value is -1.46. The highest BCUT2D eigenvalue weighted by Crippen LogP contribution is 2.87. The van der Waals surface area contributed by atoms with Crippen molar-refractivity contribution < 1.29 is 0 Å². The molecule has 0 aliphatic heterocycles. The normalized spacial score (nSPS) is 56.2. The Balaban J connectivity index is 1.97. The monoisotopic (exact) mass is 158 g/mol. The number of hydrogen-bond donors (Lipinski definition) is 0. The molecule has 0 aromatic heterocycles. The topological polar surface area (TPSA) is 72.5 Å². The van der Waals surface area contributed by atoms with E-state index in [4.69, 9.17) is 10.8 Å². The van der Waals surface area contributed by atoms with Gasteiger partial charge in [-0.25, -0.2) is 0 Å². The fourth-order valence-corrected chi connectivity index (χ4v) is 2.78. The molecule has 3 rings (SSSR count). The standard InChI is InChI=1S/C8H6N4/c9-3-8-4-1-2-5(11-12-10)7(8)6(4)8/h1-2,4-7H. The average Bonchev–Trinajstić information content (AvgIpc) is 2.93. The van der Waals surface area contributed by atoms with Crippen molar-refractivity contribution in [2.24, 2.45) is 28.3 Å². The zero-order valence-corrected chi connectivity index (χ0v) is 6.25. The lowest BCUT2D eigenvalue weighted by Gasteiger charge is -2.20. The Kier molecular flexibility index (Phi) is 0.762. The van der Waals surface area contributed by atoms with Crippen LogP contribution in [0.15, 0.2) is 17.3 Å². The summed E-state index contributed by atoms with van der Waals surface area (Å²) in [7, 11) is 0. The third-order valence-corrected chi connectivity index (χ3v) is 3.47. The zero-order valence-electron chi connectivity index (χ0n) is 6.25. The highest BCUT2D eigenvalue weighted by atomic mass is 15.2. The second-order valence-corrected chi connectivity index (χ2v) is 3.70. The lowest BCUT2D eigenvalue weighted by molar-refractivity contribution is 0.421. The molecule has 4 nitrogen and oxygen atoms in total. The molecule has 5 unspecified atom stereocenters. The van der Waals surface area contributed by atoms with Gasteiger partial charge in [0.25, 0.3) is 0 Å². The predicted octanol–water partition coefficient (Wildman–Crippen LogP) is 1.62. The molecule has 0 saturated heterocycles. The van der Waals surface area contributed by atoms with Crippen LogP contribution in [0.25, 0.3) is 10.4 Å². The molecule has 0 aromatic carbocycles. The van der Waals surface area contributed by atoms with E-state index >= 15 is 0 Å². The predicted molar refractivity (Wildman–Crippen MR) is 40.6 cm³/mol. The smallest absolute Gasteiger partial charge is 0.0716 e. The zero-order chi connectivity index (χ0) is 8.34. The van der Waals surface area contributed by atoms with Crippen LogP contribution in [0.5, 0.6) is 0 Å². The van der Waals surface area contributed by atoms with E-state index in [0.29, 0.717) is 17.8 Å². The van der Waals surface area contributed by atoms with Crippen LogP contribution < -0.4 is 0 Å². The SMILES string of the molecule is N#CC12C3C=CC(N=[N+]=[N-])C1C32. The largest absolute Gasteiger partial charge is 0.198 e. The van der Waals surface area contributed by atoms with Gasteiger partial charge in [0, 0.05) is 10.8 Å². The third-order valence-electron chi connectivity index (χ3n) is 3.47. The van der Waals surface area contributed by atoms with E-state index in [-0.39, 0.29) is 11.5 Å². The van der Waals surface area contributed by atoms with E-state index < -0.39 is 0 Å². The highest BCUT2D eigenvalue weighted by Gasteiger charge is 2.88. The van der Waals surface area contributed by atoms with E-state index in [0.717, 1.165) is 0 Å². The van der Waals surface area contributed by atoms with Crippen molar-refractivity contribution in [2.45, 2.75) is 6.04 Å². The second-order valence-electron chi connectivity index (χ2n) is 3.70. The first kappa shape index (κ1) is 6.10. The first-order valence-electron chi connectivity index (χ1n) is 4.00. The van der Waals surface area contributed by atoms with Crippen LogP contribution >= 0.6 is 0 Å². The van der Waals surface area contributed by atoms with Crippen LogP contribution in [0.4, 0.5) is 0 Å². The summed E-state index contributed by atoms with van der Waals surface area (Å²) in [5.74, 6) is 1.34. The van der Waals surface area contributed by atoms with E-state index in [1.54, 1.807) is 0 Å². The quantitative estimate of drug-likeness (QED) is 0.247. The lowest BCUT2D eigenvalue weighted by atomic mass is 9.85. The van der Waals surface area contributed by atoms with Gasteiger partial charge in [-0.3, -0.25) is 0 Å². The minimum atomic E-state index is -0.104. The molecular formula is C8H6N4. The van der Waals surface area contributed by atoms with Gasteiger partial charge in [0.1, 0.15) is 0 Å². The number of azide groups is 1. The molecule has 12 heavy (non-hydrogen) atoms. The first-order chi connectivity index (χ1) is 5.86. The number of nitrogens with zero attached hydrogens (tertiary/aromatic N) is 4. The molecule has 0 N–H and O–H groups in total. The number of rotatable bonds is 1. The van der Waals surface area contributed by atoms with Gasteiger partial charge in [-0.15, -0.1) is 0 Å². The van der Waals surface area contributed by atoms with Crippen LogP contribution in [0.3, 0.4) is 0 Å². The molecule has 0 bridgehead atoms. The molecule has 0 aromatic rings. The van der Waals surface area contributed by atoms with Crippen LogP contribution in [0.1, 0.15) is 0 Å². The highest BCUT2D eigenvalue weighted by molar-refractivity contribution is 5.49. The van der Waals surface area contributed by atoms with Crippen molar-refractivity contribution in [3.63, 3.8) is 0 Å². The molecule has 2 saturated carbocycles. The fourth-order valence-electron chi connectivity index (χ4n) is 2.78. The van der Waals surface area contributed by atoms with Crippen molar-refractivity contribution in [2.75, 3.05) is 0 Å². The number of hydrogen-bond acceptors (Lipinski definition) is 2. The number of nitriles is 1. The maximum absolute atomic E-state index is 8.88. The van der Waals surface area contributed by atoms with Crippen LogP contribution in [-0.4, -0.2) is 6.04 Å². The van der Waals surface area contributed by atoms with Gasteiger partial charge in [-0.05, 0) is 17.4 Å². The van der Waals surface area contributed by atoms with Crippen LogP contribution in [0, 0.1) is 34.5 Å². The molecule has 0 radical (unpaired) electrons. The van der Waals surface area contributed by atoms with Crippen LogP contribution in [-0.2, 0) is 0 Å². The second kappa shape index (κ2) is 1.50. The van der Waals surface area contributed by atoms with E-state index in [2.05, 4.69) is 16.1 Å². The molecule has 0 heterocycles. The minimum absolute atomic E-state index is 0.0513. The maximum Gasteiger partial charge on any atom is 0.0716 e. The summed E-state index contributed by atoms with van der Waals surface area (Å²) < 4.78 is 0. The molecule has 3 aliphatic carbocycles. The molecular weight excluding hydrogens is 152 g/mol. The van der Waals surface area contributed by atoms with E-state index in [1.807, 2.05) is 12.2 Å². The summed E-state index contributed by atoms with van der Waals surface area (Å²) in [6, 6.07) is 2.29. The first-order valence-corrected chi connectivity index (χ1v) is 4.00. The molecule has 0 spiro atoms. The Bertz CT molecular complexity index is 373. The minimum Gasteiger partial charge on any atom is -0.198 e. The summed E-state index contributed by atoms with van der Waals surface area (Å²) in [5.41, 5.74) is 8.16. The van der Waals surface area contributed by atoms with Gasteiger partial charge in [-0.2, -0.15) is 5.26 Å². The molecule has 58 valence electrons. The number of allylic oxidation sites excluding steroid dienone is 1. The van der Waals surface area contributed by atoms with Crippen molar-refractivity contribution in [1.82, 2.24) is 0 Å². The lowest BCUT2D eigenvalue weighted by Crippen LogP contribution is -2.22. The van der Waals surface area contributed by atoms with Gasteiger partial charge >= 0.3 is 0 Å². The van der Waals surface area contributed by atoms with Gasteiger partial charge in [0.2, 0.25) is 0 Å². The summed E-state index contributed by atoms with van der Waals surface area (Å²) in [4.78, 5) is 2.78. The van der Waals surface area contributed by atoms with E-state index in [9.17, 15) is 0 Å². The van der Waals surface area contributed by atoms with E-state index in [1.165, 1.54) is 0 Å². The number of fused-ring (bicyclic) bond motifs is 2. The summed E-state index contributed by atoms with van der Waals surface area (Å²) >= 11 is 0. The van der Waals surface area contributed by atoms with Gasteiger partial charge in [-0.1, -0.05) is 17.3 Å². The Morgan fingerprint density at radius 1 is 1.50 bits per heavy atom. The molecule has 3 aliphatic rings. The molecule has 5 atom stereocenters. The summed E-state index contributed by atoms with van der Waals surface area (Å²) in [5, 5.41) is 12.5. The maximum atomic E-state index is 8.88. The Morgan fingerprint density at radius 3 is 2.92 bits per heavy atom. The van der Waals surface area contributed by atoms with Crippen molar-refractivity contribution in [1.29, 1.82) is 5.26 Å².